The van der Waals surface area contributed by atoms with Crippen LogP contribution in [0.4, 0.5) is 4.79 Å². The third kappa shape index (κ3) is 7.34. The normalized spacial score (nSPS) is 20.1. The predicted molar refractivity (Wildman–Crippen MR) is 83.3 cm³/mol. The Balaban J connectivity index is 2.25. The molecule has 0 aliphatic carbocycles. The van der Waals surface area contributed by atoms with Gasteiger partial charge in [-0.05, 0) is 37.5 Å². The average molecular weight is 298 g/mol. The number of hydrogen-bond donors (Lipinski definition) is 2. The number of carbonyl (C=O) groups is 2. The molecule has 1 aliphatic heterocycles. The quantitative estimate of drug-likeness (QED) is 0.723. The van der Waals surface area contributed by atoms with E-state index in [0.29, 0.717) is 24.8 Å². The van der Waals surface area contributed by atoms with Gasteiger partial charge in [0.25, 0.3) is 0 Å². The summed E-state index contributed by atoms with van der Waals surface area (Å²) in [6, 6.07) is 0.0371. The lowest BCUT2D eigenvalue weighted by atomic mass is 9.94. The van der Waals surface area contributed by atoms with Crippen LogP contribution in [0.1, 0.15) is 58.8 Å². The molecule has 2 amide bonds. The number of urea groups is 1. The maximum absolute atomic E-state index is 12.1. The molecule has 0 aromatic carbocycles. The lowest BCUT2D eigenvalue weighted by Gasteiger charge is -2.31. The van der Waals surface area contributed by atoms with E-state index in [-0.39, 0.29) is 12.5 Å². The zero-order chi connectivity index (χ0) is 15.7. The Labute approximate surface area is 128 Å². The van der Waals surface area contributed by atoms with Crippen LogP contribution in [0.2, 0.25) is 0 Å². The van der Waals surface area contributed by atoms with Crippen LogP contribution in [0.15, 0.2) is 0 Å². The Kier molecular flexibility index (Phi) is 8.16. The number of piperidine rings is 1. The van der Waals surface area contributed by atoms with Crippen LogP contribution >= 0.6 is 0 Å². The van der Waals surface area contributed by atoms with Crippen LogP contribution in [-0.4, -0.2) is 41.6 Å². The second kappa shape index (κ2) is 9.64. The minimum Gasteiger partial charge on any atom is -0.481 e. The fourth-order valence-corrected chi connectivity index (χ4v) is 3.04. The Morgan fingerprint density at radius 2 is 2.10 bits per heavy atom. The first kappa shape index (κ1) is 17.8. The average Bonchev–Trinajstić information content (AvgIpc) is 2.44. The highest BCUT2D eigenvalue weighted by Gasteiger charge is 2.20. The van der Waals surface area contributed by atoms with E-state index in [2.05, 4.69) is 19.2 Å². The lowest BCUT2D eigenvalue weighted by molar-refractivity contribution is -0.137. The lowest BCUT2D eigenvalue weighted by Crippen LogP contribution is -2.45. The topological polar surface area (TPSA) is 69.6 Å². The number of aliphatic carboxylic acids is 1. The number of hydrogen-bond acceptors (Lipinski definition) is 2. The fourth-order valence-electron chi connectivity index (χ4n) is 3.04. The number of carboxylic acid groups (broad SMARTS) is 1. The minimum absolute atomic E-state index is 0.0371. The summed E-state index contributed by atoms with van der Waals surface area (Å²) in [6.45, 7) is 6.65. The van der Waals surface area contributed by atoms with E-state index in [1.54, 1.807) is 0 Å². The smallest absolute Gasteiger partial charge is 0.317 e. The molecular weight excluding hydrogens is 268 g/mol. The molecule has 1 rings (SSSR count). The summed E-state index contributed by atoms with van der Waals surface area (Å²) in [4.78, 5) is 24.6. The molecule has 2 unspecified atom stereocenters. The highest BCUT2D eigenvalue weighted by Crippen LogP contribution is 2.18. The van der Waals surface area contributed by atoms with E-state index in [4.69, 9.17) is 5.11 Å². The van der Waals surface area contributed by atoms with Gasteiger partial charge in [-0.3, -0.25) is 4.79 Å². The highest BCUT2D eigenvalue weighted by molar-refractivity contribution is 5.74. The number of rotatable bonds is 8. The van der Waals surface area contributed by atoms with Crippen LogP contribution in [0.5, 0.6) is 0 Å². The van der Waals surface area contributed by atoms with Crippen molar-refractivity contribution in [3.8, 4) is 0 Å². The van der Waals surface area contributed by atoms with Crippen molar-refractivity contribution < 1.29 is 14.7 Å². The summed E-state index contributed by atoms with van der Waals surface area (Å²) >= 11 is 0. The summed E-state index contributed by atoms with van der Waals surface area (Å²) in [5, 5.41) is 11.8. The SMILES string of the molecule is CCCC(CCNC(=O)N1CCCC(C)C1)CCC(=O)O. The first-order chi connectivity index (χ1) is 10.0. The van der Waals surface area contributed by atoms with Crippen LogP contribution in [0, 0.1) is 11.8 Å². The van der Waals surface area contributed by atoms with Crippen LogP contribution in [0.25, 0.3) is 0 Å². The summed E-state index contributed by atoms with van der Waals surface area (Å²) in [7, 11) is 0. The molecule has 0 spiro atoms. The molecule has 5 nitrogen and oxygen atoms in total. The molecule has 1 fully saturated rings. The number of nitrogens with one attached hydrogen (secondary N) is 1. The van der Waals surface area contributed by atoms with E-state index in [1.165, 1.54) is 6.42 Å². The van der Waals surface area contributed by atoms with E-state index >= 15 is 0 Å². The number of likely N-dealkylation sites (tertiary alicyclic amines) is 1. The van der Waals surface area contributed by atoms with Crippen molar-refractivity contribution >= 4 is 12.0 Å². The maximum atomic E-state index is 12.1. The van der Waals surface area contributed by atoms with Gasteiger partial charge in [0.15, 0.2) is 0 Å². The van der Waals surface area contributed by atoms with E-state index in [9.17, 15) is 9.59 Å². The summed E-state index contributed by atoms with van der Waals surface area (Å²) in [6.07, 6.45) is 6.19. The van der Waals surface area contributed by atoms with Gasteiger partial charge >= 0.3 is 12.0 Å². The van der Waals surface area contributed by atoms with Crippen LogP contribution < -0.4 is 5.32 Å². The van der Waals surface area contributed by atoms with Gasteiger partial charge in [0.1, 0.15) is 0 Å². The summed E-state index contributed by atoms with van der Waals surface area (Å²) in [5.41, 5.74) is 0. The largest absolute Gasteiger partial charge is 0.481 e. The number of carboxylic acids is 1. The predicted octanol–water partition coefficient (Wildman–Crippen LogP) is 3.10. The van der Waals surface area contributed by atoms with Gasteiger partial charge in [0.2, 0.25) is 0 Å². The summed E-state index contributed by atoms with van der Waals surface area (Å²) < 4.78 is 0. The molecule has 1 heterocycles. The molecule has 122 valence electrons. The van der Waals surface area contributed by atoms with Gasteiger partial charge < -0.3 is 15.3 Å². The van der Waals surface area contributed by atoms with Crippen molar-refractivity contribution in [3.05, 3.63) is 0 Å². The van der Waals surface area contributed by atoms with Crippen LogP contribution in [0.3, 0.4) is 0 Å². The van der Waals surface area contributed by atoms with Gasteiger partial charge in [-0.15, -0.1) is 0 Å². The second-order valence-electron chi connectivity index (χ2n) is 6.30. The van der Waals surface area contributed by atoms with Crippen molar-refractivity contribution in [1.29, 1.82) is 0 Å². The van der Waals surface area contributed by atoms with Crippen molar-refractivity contribution in [2.24, 2.45) is 11.8 Å². The molecule has 1 saturated heterocycles. The van der Waals surface area contributed by atoms with Gasteiger partial charge in [-0.2, -0.15) is 0 Å². The zero-order valence-corrected chi connectivity index (χ0v) is 13.4. The molecule has 0 aromatic rings. The highest BCUT2D eigenvalue weighted by atomic mass is 16.4. The maximum Gasteiger partial charge on any atom is 0.317 e. The van der Waals surface area contributed by atoms with Crippen molar-refractivity contribution in [2.45, 2.75) is 58.8 Å². The Hall–Kier alpha value is -1.26. The van der Waals surface area contributed by atoms with Gasteiger partial charge in [-0.25, -0.2) is 4.79 Å². The van der Waals surface area contributed by atoms with Gasteiger partial charge in [-0.1, -0.05) is 26.7 Å². The molecule has 1 aliphatic rings. The third-order valence-electron chi connectivity index (χ3n) is 4.24. The molecule has 0 aromatic heterocycles. The molecule has 2 atom stereocenters. The molecular formula is C16H30N2O3. The molecule has 21 heavy (non-hydrogen) atoms. The summed E-state index contributed by atoms with van der Waals surface area (Å²) in [5.74, 6) is 0.252. The van der Waals surface area contributed by atoms with E-state index in [1.807, 2.05) is 4.90 Å². The molecule has 2 N–H and O–H groups in total. The number of carbonyl (C=O) groups excluding carboxylic acids is 1. The Morgan fingerprint density at radius 1 is 1.33 bits per heavy atom. The third-order valence-corrected chi connectivity index (χ3v) is 4.24. The van der Waals surface area contributed by atoms with Crippen molar-refractivity contribution in [1.82, 2.24) is 10.2 Å². The fraction of sp³-hybridized carbons (Fsp3) is 0.875. The van der Waals surface area contributed by atoms with Gasteiger partial charge in [0, 0.05) is 26.1 Å². The molecule has 0 radical (unpaired) electrons. The monoisotopic (exact) mass is 298 g/mol. The van der Waals surface area contributed by atoms with E-state index < -0.39 is 5.97 Å². The number of amides is 2. The molecule has 0 saturated carbocycles. The molecule has 0 bridgehead atoms. The van der Waals surface area contributed by atoms with Crippen molar-refractivity contribution in [3.63, 3.8) is 0 Å². The standard InChI is InChI=1S/C16H30N2O3/c1-3-5-14(7-8-15(19)20)9-10-17-16(21)18-11-4-6-13(2)12-18/h13-14H,3-12H2,1-2H3,(H,17,21)(H,19,20). The Morgan fingerprint density at radius 3 is 2.71 bits per heavy atom. The van der Waals surface area contributed by atoms with Crippen molar-refractivity contribution in [2.75, 3.05) is 19.6 Å². The van der Waals surface area contributed by atoms with Crippen LogP contribution in [-0.2, 0) is 4.79 Å². The zero-order valence-electron chi connectivity index (χ0n) is 13.4. The number of nitrogens with zero attached hydrogens (tertiary/aromatic N) is 1. The minimum atomic E-state index is -0.734. The van der Waals surface area contributed by atoms with E-state index in [0.717, 1.165) is 38.8 Å². The molecule has 5 heteroatoms. The Bertz CT molecular complexity index is 333. The van der Waals surface area contributed by atoms with Gasteiger partial charge in [0.05, 0.1) is 0 Å². The first-order valence-corrected chi connectivity index (χ1v) is 8.27. The second-order valence-corrected chi connectivity index (χ2v) is 6.30. The first-order valence-electron chi connectivity index (χ1n) is 8.27.